The van der Waals surface area contributed by atoms with Crippen LogP contribution in [-0.4, -0.2) is 45.1 Å². The van der Waals surface area contributed by atoms with Gasteiger partial charge in [0, 0.05) is 0 Å². The number of carbonyl (C=O) groups is 2. The highest BCUT2D eigenvalue weighted by molar-refractivity contribution is 5.86. The van der Waals surface area contributed by atoms with Crippen molar-refractivity contribution in [1.29, 1.82) is 0 Å². The van der Waals surface area contributed by atoms with Gasteiger partial charge < -0.3 is 4.90 Å². The van der Waals surface area contributed by atoms with Crippen LogP contribution in [0.5, 0.6) is 0 Å². The zero-order valence-corrected chi connectivity index (χ0v) is 6.67. The summed E-state index contributed by atoms with van der Waals surface area (Å²) in [4.78, 5) is 23.5. The number of hydrogen-bond donors (Lipinski definition) is 2. The molecule has 7 heteroatoms. The predicted molar refractivity (Wildman–Crippen MR) is 39.3 cm³/mol. The van der Waals surface area contributed by atoms with Gasteiger partial charge in [-0.15, -0.1) is 0 Å². The molecule has 0 spiro atoms. The van der Waals surface area contributed by atoms with Crippen LogP contribution in [0.4, 0.5) is 0 Å². The minimum absolute atomic E-state index is 0.0158. The molecular weight excluding hydrogens is 176 g/mol. The Morgan fingerprint density at radius 2 is 1.92 bits per heavy atom. The minimum Gasteiger partial charge on any atom is -0.336 e. The van der Waals surface area contributed by atoms with Crippen LogP contribution in [0.1, 0.15) is 0 Å². The Bertz CT molecular complexity index is 311. The summed E-state index contributed by atoms with van der Waals surface area (Å²) in [5.74, 6) is 4.74. The fraction of sp³-hybridized carbons (Fsp3) is 0.333. The molecule has 0 aromatic heterocycles. The van der Waals surface area contributed by atoms with E-state index in [0.717, 1.165) is 5.01 Å². The second-order valence-corrected chi connectivity index (χ2v) is 2.85. The molecule has 7 nitrogen and oxygen atoms in total. The van der Waals surface area contributed by atoms with Crippen molar-refractivity contribution in [3.8, 4) is 0 Å². The van der Waals surface area contributed by atoms with Gasteiger partial charge in [0.1, 0.15) is 13.1 Å². The number of nitrogens with two attached hydrogens (primary N) is 1. The Morgan fingerprint density at radius 3 is 2.62 bits per heavy atom. The van der Waals surface area contributed by atoms with Crippen LogP contribution >= 0.6 is 0 Å². The van der Waals surface area contributed by atoms with Crippen molar-refractivity contribution in [2.45, 2.75) is 0 Å². The van der Waals surface area contributed by atoms with Gasteiger partial charge in [-0.2, -0.15) is 5.06 Å². The van der Waals surface area contributed by atoms with Gasteiger partial charge in [0.05, 0.1) is 6.20 Å². The Morgan fingerprint density at radius 1 is 1.31 bits per heavy atom. The second-order valence-electron chi connectivity index (χ2n) is 2.85. The molecule has 0 unspecified atom stereocenters. The highest BCUT2D eigenvalue weighted by Gasteiger charge is 2.36. The lowest BCUT2D eigenvalue weighted by Crippen LogP contribution is -2.45. The van der Waals surface area contributed by atoms with Gasteiger partial charge in [-0.25, -0.2) is 5.84 Å². The summed E-state index contributed by atoms with van der Waals surface area (Å²) in [6, 6.07) is 0. The maximum atomic E-state index is 11.1. The topological polar surface area (TPSA) is 90.1 Å². The van der Waals surface area contributed by atoms with Crippen molar-refractivity contribution in [3.05, 3.63) is 12.0 Å². The molecule has 1 saturated heterocycles. The van der Waals surface area contributed by atoms with E-state index in [2.05, 4.69) is 0 Å². The van der Waals surface area contributed by atoms with E-state index in [-0.39, 0.29) is 24.8 Å². The van der Waals surface area contributed by atoms with Crippen molar-refractivity contribution < 1.29 is 14.8 Å². The number of nitrogens with zero attached hydrogens (tertiary/aromatic N) is 3. The van der Waals surface area contributed by atoms with E-state index in [1.807, 2.05) is 0 Å². The molecule has 2 heterocycles. The average molecular weight is 184 g/mol. The third-order valence-corrected chi connectivity index (χ3v) is 1.97. The maximum absolute atomic E-state index is 11.1. The number of hydroxylamine groups is 2. The summed E-state index contributed by atoms with van der Waals surface area (Å²) >= 11 is 0. The first-order chi connectivity index (χ1) is 6.09. The number of amides is 2. The fourth-order valence-electron chi connectivity index (χ4n) is 1.29. The zero-order valence-electron chi connectivity index (χ0n) is 6.67. The summed E-state index contributed by atoms with van der Waals surface area (Å²) < 4.78 is 0. The van der Waals surface area contributed by atoms with E-state index in [9.17, 15) is 14.8 Å². The largest absolute Gasteiger partial charge is 0.336 e. The lowest BCUT2D eigenvalue weighted by Gasteiger charge is -2.27. The molecule has 2 rings (SSSR count). The normalized spacial score (nSPS) is 22.3. The van der Waals surface area contributed by atoms with E-state index in [1.54, 1.807) is 0 Å². The third kappa shape index (κ3) is 1.05. The molecule has 70 valence electrons. The van der Waals surface area contributed by atoms with Crippen molar-refractivity contribution in [3.63, 3.8) is 0 Å². The molecule has 0 aromatic carbocycles. The van der Waals surface area contributed by atoms with Crippen LogP contribution in [0, 0.1) is 0 Å². The Hall–Kier alpha value is -1.60. The Balaban J connectivity index is 2.33. The highest BCUT2D eigenvalue weighted by Crippen LogP contribution is 2.20. The van der Waals surface area contributed by atoms with E-state index < -0.39 is 5.91 Å². The number of hydrogen-bond acceptors (Lipinski definition) is 5. The van der Waals surface area contributed by atoms with Crippen LogP contribution < -0.4 is 5.84 Å². The van der Waals surface area contributed by atoms with E-state index >= 15 is 0 Å². The molecule has 0 atom stereocenters. The Kier molecular flexibility index (Phi) is 1.51. The molecular formula is C6H8N4O3. The summed E-state index contributed by atoms with van der Waals surface area (Å²) in [7, 11) is 0. The molecule has 13 heavy (non-hydrogen) atoms. The van der Waals surface area contributed by atoms with Gasteiger partial charge in [0.15, 0.2) is 5.82 Å². The molecule has 0 aliphatic carbocycles. The van der Waals surface area contributed by atoms with Crippen LogP contribution in [0.3, 0.4) is 0 Å². The molecule has 0 saturated carbocycles. The Labute approximate surface area is 73.5 Å². The molecule has 3 N–H and O–H groups in total. The lowest BCUT2D eigenvalue weighted by molar-refractivity contribution is -0.151. The van der Waals surface area contributed by atoms with E-state index in [4.69, 9.17) is 5.84 Å². The molecule has 2 aliphatic rings. The third-order valence-electron chi connectivity index (χ3n) is 1.97. The van der Waals surface area contributed by atoms with Gasteiger partial charge in [0.2, 0.25) is 0 Å². The van der Waals surface area contributed by atoms with Gasteiger partial charge in [-0.1, -0.05) is 0 Å². The van der Waals surface area contributed by atoms with Crippen LogP contribution in [0.15, 0.2) is 12.0 Å². The number of hydrazine groups is 1. The first kappa shape index (κ1) is 8.02. The summed E-state index contributed by atoms with van der Waals surface area (Å²) in [5.41, 5.74) is 0. The lowest BCUT2D eigenvalue weighted by atomic mass is 10.4. The number of carbonyl (C=O) groups excluding carboxylic acids is 2. The summed E-state index contributed by atoms with van der Waals surface area (Å²) in [6.07, 6.45) is 1.22. The summed E-state index contributed by atoms with van der Waals surface area (Å²) in [5, 5.41) is 10.5. The van der Waals surface area contributed by atoms with Crippen LogP contribution in [0.25, 0.3) is 0 Å². The van der Waals surface area contributed by atoms with Gasteiger partial charge in [-0.3, -0.25) is 19.8 Å². The van der Waals surface area contributed by atoms with E-state index in [1.165, 1.54) is 11.1 Å². The maximum Gasteiger partial charge on any atom is 0.271 e. The molecule has 0 aromatic rings. The summed E-state index contributed by atoms with van der Waals surface area (Å²) in [6.45, 7) is 0.0348. The van der Waals surface area contributed by atoms with Crippen LogP contribution in [-0.2, 0) is 9.59 Å². The van der Waals surface area contributed by atoms with Crippen LogP contribution in [0.2, 0.25) is 0 Å². The average Bonchev–Trinajstić information content (AvgIpc) is 2.32. The monoisotopic (exact) mass is 184 g/mol. The number of rotatable bonds is 0. The minimum atomic E-state index is -0.464. The molecule has 2 aliphatic heterocycles. The molecule has 0 bridgehead atoms. The van der Waals surface area contributed by atoms with E-state index in [0.29, 0.717) is 5.06 Å². The van der Waals surface area contributed by atoms with Gasteiger partial charge >= 0.3 is 0 Å². The predicted octanol–water partition coefficient (Wildman–Crippen LogP) is -1.97. The zero-order chi connectivity index (χ0) is 9.59. The van der Waals surface area contributed by atoms with Crippen molar-refractivity contribution in [1.82, 2.24) is 15.0 Å². The second kappa shape index (κ2) is 2.44. The number of fused-ring (bicyclic) bond motifs is 1. The first-order valence-electron chi connectivity index (χ1n) is 3.65. The smallest absolute Gasteiger partial charge is 0.271 e. The van der Waals surface area contributed by atoms with Gasteiger partial charge in [0.25, 0.3) is 11.8 Å². The molecule has 0 radical (unpaired) electrons. The molecule has 2 amide bonds. The fourth-order valence-corrected chi connectivity index (χ4v) is 1.29. The van der Waals surface area contributed by atoms with Gasteiger partial charge in [-0.05, 0) is 0 Å². The van der Waals surface area contributed by atoms with Crippen molar-refractivity contribution >= 4 is 11.8 Å². The quantitative estimate of drug-likeness (QED) is 0.259. The molecule has 1 fully saturated rings. The van der Waals surface area contributed by atoms with Crippen molar-refractivity contribution in [2.75, 3.05) is 13.1 Å². The first-order valence-corrected chi connectivity index (χ1v) is 3.65. The SMILES string of the molecule is NN1C=C2N(CC1=O)CC(=O)N2O. The highest BCUT2D eigenvalue weighted by atomic mass is 16.5. The van der Waals surface area contributed by atoms with Crippen molar-refractivity contribution in [2.24, 2.45) is 5.84 Å². The standard InChI is InChI=1S/C6H8N4O3/c7-9-1-4-8(2-5(9)11)3-6(12)10(4)13/h1,13H,2-3,7H2.